The highest BCUT2D eigenvalue weighted by Crippen LogP contribution is 2.26. The molecule has 60 heavy (non-hydrogen) atoms. The molecule has 0 saturated carbocycles. The van der Waals surface area contributed by atoms with Crippen LogP contribution < -0.4 is 16.0 Å². The Balaban J connectivity index is 7.27. The van der Waals surface area contributed by atoms with E-state index in [1.807, 2.05) is 0 Å². The minimum atomic E-state index is -4.72. The van der Waals surface area contributed by atoms with E-state index in [1.165, 1.54) is 0 Å². The molecule has 0 aliphatic rings. The lowest BCUT2D eigenvalue weighted by atomic mass is 10.0. The summed E-state index contributed by atoms with van der Waals surface area (Å²) in [5.41, 5.74) is -5.39. The maximum atomic E-state index is 11.5. The smallest absolute Gasteiger partial charge is 0.501 e. The Hall–Kier alpha value is -0.573. The summed E-state index contributed by atoms with van der Waals surface area (Å²) in [7, 11) is -16.0. The molecule has 0 unspecified atom stereocenters. The van der Waals surface area contributed by atoms with Gasteiger partial charge in [0.05, 0.1) is 130 Å². The summed E-state index contributed by atoms with van der Waals surface area (Å²) in [6.45, 7) is -1.99. The molecule has 362 valence electrons. The lowest BCUT2D eigenvalue weighted by Gasteiger charge is -2.41. The van der Waals surface area contributed by atoms with Gasteiger partial charge in [-0.2, -0.15) is 16.8 Å². The van der Waals surface area contributed by atoms with E-state index in [0.717, 1.165) is 64.5 Å². The topological polar surface area (TPSA) is 351 Å². The molecule has 0 amide bonds. The van der Waals surface area contributed by atoms with Crippen LogP contribution in [-0.4, -0.2) is 222 Å². The van der Waals surface area contributed by atoms with Gasteiger partial charge in [0.15, 0.2) is 0 Å². The van der Waals surface area contributed by atoms with Gasteiger partial charge in [-0.1, -0.05) is 39.5 Å². The Morgan fingerprint density at radius 1 is 0.533 bits per heavy atom. The Morgan fingerprint density at radius 2 is 0.850 bits per heavy atom. The van der Waals surface area contributed by atoms with Crippen molar-refractivity contribution in [2.75, 3.05) is 123 Å². The maximum absolute atomic E-state index is 11.5. The number of rotatable bonds is 41. The predicted octanol–water partition coefficient (Wildman–Crippen LogP) is -2.77. The number of quaternary nitrogens is 1. The Labute approximate surface area is 358 Å². The van der Waals surface area contributed by atoms with Crippen molar-refractivity contribution >= 4 is 39.2 Å². The highest BCUT2D eigenvalue weighted by atomic mass is 32.2. The lowest BCUT2D eigenvalue weighted by molar-refractivity contribution is -0.910. The van der Waals surface area contributed by atoms with Gasteiger partial charge >= 0.3 is 8.80 Å². The normalized spacial score (nSPS) is 14.0. The number of nitrogens with one attached hydrogen (secondary N) is 3. The summed E-state index contributed by atoms with van der Waals surface area (Å²) >= 11 is 0. The number of hydrogen-bond acceptors (Lipinski definition) is 19. The van der Waals surface area contributed by atoms with Crippen molar-refractivity contribution in [2.45, 2.75) is 94.3 Å². The van der Waals surface area contributed by atoms with Crippen LogP contribution in [-0.2, 0) is 43.6 Å². The first-order chi connectivity index (χ1) is 27.9. The molecule has 22 nitrogen and oxygen atoms in total. The Morgan fingerprint density at radius 3 is 1.13 bits per heavy atom. The second-order valence-corrected chi connectivity index (χ2v) is 23.4. The third-order valence-electron chi connectivity index (χ3n) is 10.4. The summed E-state index contributed by atoms with van der Waals surface area (Å²) in [5.74, 6) is -2.52. The minimum absolute atomic E-state index is 0.0530. The van der Waals surface area contributed by atoms with Crippen molar-refractivity contribution in [2.24, 2.45) is 0 Å². The van der Waals surface area contributed by atoms with Crippen LogP contribution in [0.2, 0.25) is 6.04 Å². The summed E-state index contributed by atoms with van der Waals surface area (Å²) in [6, 6.07) is -0.0530. The molecule has 0 aromatic rings. The van der Waals surface area contributed by atoms with Gasteiger partial charge in [-0.25, -0.2) is 8.42 Å². The van der Waals surface area contributed by atoms with E-state index < -0.39 is 152 Å². The van der Waals surface area contributed by atoms with Crippen LogP contribution in [0, 0.1) is 0 Å². The second kappa shape index (κ2) is 29.1. The molecule has 0 bridgehead atoms. The van der Waals surface area contributed by atoms with E-state index in [-0.39, 0.29) is 6.04 Å². The number of hydrogen-bond donors (Lipinski definition) is 11. The highest BCUT2D eigenvalue weighted by molar-refractivity contribution is 7.86. The van der Waals surface area contributed by atoms with E-state index in [4.69, 9.17) is 13.3 Å². The third kappa shape index (κ3) is 25.7. The first kappa shape index (κ1) is 59.4. The summed E-state index contributed by atoms with van der Waals surface area (Å²) in [6.07, 6.45) is 8.54. The first-order valence-corrected chi connectivity index (χ1v) is 27.2. The van der Waals surface area contributed by atoms with Gasteiger partial charge in [0, 0.05) is 32.1 Å². The molecule has 0 heterocycles. The molecule has 0 spiro atoms. The molecular weight excluding hydrogens is 877 g/mol. The summed E-state index contributed by atoms with van der Waals surface area (Å²) in [4.78, 5) is 0. The van der Waals surface area contributed by atoms with Gasteiger partial charge in [0.25, 0.3) is 20.2 Å². The van der Waals surface area contributed by atoms with E-state index in [1.54, 1.807) is 0 Å². The maximum Gasteiger partial charge on any atom is 0.501 e. The van der Waals surface area contributed by atoms with E-state index in [0.29, 0.717) is 17.4 Å². The number of unbranched alkanes of at least 4 members (excludes halogenated alkanes) is 6. The zero-order valence-electron chi connectivity index (χ0n) is 35.6. The molecule has 11 N–H and O–H groups in total. The monoisotopic (exact) mass is 952 g/mol. The van der Waals surface area contributed by atoms with Gasteiger partial charge in [-0.3, -0.25) is 9.11 Å². The Kier molecular flexibility index (Phi) is 28.8. The lowest BCUT2D eigenvalue weighted by Crippen LogP contribution is -2.64. The standard InChI is InChI=1S/C34H76N4O18S3Si/c1-4-6-8-10-16-38(3,17-11-9-7-5-2)18-12-22-60(54-29-32(23-39,24-40)35-13-19-57(45,46)47,55-30-33(25-41,26-42)36-14-20-58(48,49)50)56-31-34(27-43,28-44)37-15-21-59(51,52)53/h35-37,39-44H,4-31H2,1-3H3,(H2-,45,46,47,48,49,50,51,52,53). The van der Waals surface area contributed by atoms with Crippen molar-refractivity contribution in [3.8, 4) is 0 Å². The van der Waals surface area contributed by atoms with Crippen LogP contribution in [0.5, 0.6) is 0 Å². The molecule has 0 aromatic carbocycles. The first-order valence-electron chi connectivity index (χ1n) is 20.4. The largest absolute Gasteiger partial charge is 0.748 e. The fourth-order valence-electron chi connectivity index (χ4n) is 6.18. The number of nitrogens with zero attached hydrogens (tertiary/aromatic N) is 1. The molecule has 0 aromatic heterocycles. The average molecular weight is 953 g/mol. The van der Waals surface area contributed by atoms with Crippen molar-refractivity contribution in [1.29, 1.82) is 0 Å². The van der Waals surface area contributed by atoms with Gasteiger partial charge in [0.2, 0.25) is 0 Å². The molecule has 0 rings (SSSR count). The summed E-state index contributed by atoms with van der Waals surface area (Å²) < 4.78 is 118. The number of aliphatic hydroxyl groups is 6. The molecule has 0 radical (unpaired) electrons. The SMILES string of the molecule is CCCCCC[N+](C)(CCCCCC)CCC[Si](OCC(CO)(CO)NCCS(=O)(=O)[O-])(OCC(CO)(CO)NCCS(=O)(=O)O)OCC(CO)(CO)NCCS(=O)(=O)O. The molecule has 0 atom stereocenters. The van der Waals surface area contributed by atoms with Crippen LogP contribution in [0.1, 0.15) is 71.6 Å². The van der Waals surface area contributed by atoms with Crippen LogP contribution in [0.4, 0.5) is 0 Å². The predicted molar refractivity (Wildman–Crippen MR) is 224 cm³/mol. The molecule has 0 aliphatic carbocycles. The van der Waals surface area contributed by atoms with Crippen molar-refractivity contribution < 1.29 is 87.3 Å². The average Bonchev–Trinajstić information content (AvgIpc) is 3.18. The van der Waals surface area contributed by atoms with Crippen LogP contribution >= 0.6 is 0 Å². The Bertz CT molecular complexity index is 1320. The zero-order chi connectivity index (χ0) is 46.0. The van der Waals surface area contributed by atoms with Gasteiger partial charge in [-0.15, -0.1) is 0 Å². The van der Waals surface area contributed by atoms with Crippen LogP contribution in [0.3, 0.4) is 0 Å². The number of aliphatic hydroxyl groups excluding tert-OH is 6. The van der Waals surface area contributed by atoms with Crippen molar-refractivity contribution in [3.63, 3.8) is 0 Å². The van der Waals surface area contributed by atoms with E-state index in [9.17, 15) is 69.6 Å². The highest BCUT2D eigenvalue weighted by Gasteiger charge is 2.48. The van der Waals surface area contributed by atoms with E-state index >= 15 is 0 Å². The second-order valence-electron chi connectivity index (χ2n) is 16.0. The van der Waals surface area contributed by atoms with Gasteiger partial charge in [0.1, 0.15) is 0 Å². The minimum Gasteiger partial charge on any atom is -0.748 e. The van der Waals surface area contributed by atoms with Crippen LogP contribution in [0.25, 0.3) is 0 Å². The van der Waals surface area contributed by atoms with Gasteiger partial charge < -0.3 is 68.9 Å². The fourth-order valence-corrected chi connectivity index (χ4v) is 10.0. The van der Waals surface area contributed by atoms with Gasteiger partial charge in [-0.05, 0) is 25.7 Å². The van der Waals surface area contributed by atoms with E-state index in [2.05, 4.69) is 36.8 Å². The molecular formula is C34H76N4O18S3Si. The molecule has 0 fully saturated rings. The zero-order valence-corrected chi connectivity index (χ0v) is 39.1. The summed E-state index contributed by atoms with van der Waals surface area (Å²) in [5, 5.41) is 70.6. The fraction of sp³-hybridized carbons (Fsp3) is 1.00. The molecule has 0 saturated heterocycles. The third-order valence-corrected chi connectivity index (χ3v) is 15.2. The molecule has 0 aliphatic heterocycles. The van der Waals surface area contributed by atoms with Crippen molar-refractivity contribution in [3.05, 3.63) is 0 Å². The molecule has 26 heteroatoms. The van der Waals surface area contributed by atoms with Crippen LogP contribution in [0.15, 0.2) is 0 Å². The quantitative estimate of drug-likeness (QED) is 0.0128. The van der Waals surface area contributed by atoms with Crippen molar-refractivity contribution in [1.82, 2.24) is 16.0 Å².